The van der Waals surface area contributed by atoms with Gasteiger partial charge in [0.2, 0.25) is 0 Å². The van der Waals surface area contributed by atoms with Crippen LogP contribution in [0.25, 0.3) is 0 Å². The fourth-order valence-corrected chi connectivity index (χ4v) is 3.53. The molecule has 0 spiro atoms. The minimum absolute atomic E-state index is 0.0289. The molecule has 0 aromatic carbocycles. The number of rotatable bonds is 2. The third-order valence-electron chi connectivity index (χ3n) is 3.47. The van der Waals surface area contributed by atoms with E-state index in [2.05, 4.69) is 20.9 Å². The van der Waals surface area contributed by atoms with E-state index in [0.717, 1.165) is 12.8 Å². The molecule has 18 heavy (non-hydrogen) atoms. The minimum atomic E-state index is -0.0289. The molecular weight excluding hydrogens is 316 g/mol. The number of halogens is 2. The van der Waals surface area contributed by atoms with Crippen molar-refractivity contribution in [3.05, 3.63) is 29.0 Å². The summed E-state index contributed by atoms with van der Waals surface area (Å²) in [5.74, 6) is -0.0289. The second-order valence-electron chi connectivity index (χ2n) is 4.64. The fraction of sp³-hybridized carbons (Fsp3) is 0.538. The third kappa shape index (κ3) is 2.86. The molecule has 0 saturated heterocycles. The van der Waals surface area contributed by atoms with Crippen LogP contribution in [0.15, 0.2) is 18.5 Å². The molecule has 0 aliphatic heterocycles. The van der Waals surface area contributed by atoms with Gasteiger partial charge in [-0.3, -0.25) is 9.78 Å². The predicted octanol–water partition coefficient (Wildman–Crippen LogP) is 3.51. The lowest BCUT2D eigenvalue weighted by molar-refractivity contribution is 0.0705. The van der Waals surface area contributed by atoms with Crippen molar-refractivity contribution in [2.45, 2.75) is 36.6 Å². The number of hydrogen-bond donors (Lipinski definition) is 0. The van der Waals surface area contributed by atoms with E-state index in [0.29, 0.717) is 15.4 Å². The van der Waals surface area contributed by atoms with Gasteiger partial charge in [-0.15, -0.1) is 0 Å². The van der Waals surface area contributed by atoms with Crippen molar-refractivity contribution >= 4 is 33.4 Å². The smallest absolute Gasteiger partial charge is 0.255 e. The van der Waals surface area contributed by atoms with Crippen molar-refractivity contribution in [2.24, 2.45) is 0 Å². The lowest BCUT2D eigenvalue weighted by Gasteiger charge is -2.35. The van der Waals surface area contributed by atoms with Crippen LogP contribution in [-0.2, 0) is 0 Å². The molecule has 0 N–H and O–H groups in total. The molecule has 1 aliphatic carbocycles. The van der Waals surface area contributed by atoms with Gasteiger partial charge in [-0.2, -0.15) is 0 Å². The Balaban J connectivity index is 2.16. The highest BCUT2D eigenvalue weighted by molar-refractivity contribution is 9.09. The Kier molecular flexibility index (Phi) is 4.62. The molecule has 2 atom stereocenters. The van der Waals surface area contributed by atoms with Crippen LogP contribution in [0.1, 0.15) is 36.0 Å². The number of pyridine rings is 1. The molecule has 1 fully saturated rings. The first-order valence-corrected chi connectivity index (χ1v) is 7.41. The van der Waals surface area contributed by atoms with Crippen LogP contribution in [-0.4, -0.2) is 33.7 Å². The highest BCUT2D eigenvalue weighted by Gasteiger charge is 2.30. The summed E-state index contributed by atoms with van der Waals surface area (Å²) in [6.45, 7) is 0. The van der Waals surface area contributed by atoms with Crippen molar-refractivity contribution in [1.29, 1.82) is 0 Å². The van der Waals surface area contributed by atoms with Gasteiger partial charge in [-0.1, -0.05) is 40.4 Å². The van der Waals surface area contributed by atoms with Crippen molar-refractivity contribution < 1.29 is 4.79 Å². The zero-order valence-electron chi connectivity index (χ0n) is 10.3. The van der Waals surface area contributed by atoms with E-state index in [1.807, 2.05) is 7.05 Å². The zero-order valence-corrected chi connectivity index (χ0v) is 12.6. The Labute approximate surface area is 121 Å². The van der Waals surface area contributed by atoms with Crippen molar-refractivity contribution in [3.63, 3.8) is 0 Å². The van der Waals surface area contributed by atoms with Crippen LogP contribution < -0.4 is 0 Å². The molecule has 2 rings (SSSR count). The predicted molar refractivity (Wildman–Crippen MR) is 76.3 cm³/mol. The Morgan fingerprint density at radius 3 is 2.89 bits per heavy atom. The number of alkyl halides is 1. The van der Waals surface area contributed by atoms with Gasteiger partial charge in [-0.05, 0) is 18.9 Å². The zero-order chi connectivity index (χ0) is 13.1. The standard InChI is InChI=1S/C13H16BrClN2O/c1-17(12-5-3-2-4-10(12)14)13(18)9-6-7-16-8-11(9)15/h6-8,10,12H,2-5H2,1H3. The van der Waals surface area contributed by atoms with Crippen LogP contribution >= 0.6 is 27.5 Å². The van der Waals surface area contributed by atoms with Gasteiger partial charge in [0.25, 0.3) is 5.91 Å². The van der Waals surface area contributed by atoms with Crippen LogP contribution in [0.5, 0.6) is 0 Å². The van der Waals surface area contributed by atoms with E-state index in [4.69, 9.17) is 11.6 Å². The van der Waals surface area contributed by atoms with Gasteiger partial charge >= 0.3 is 0 Å². The largest absolute Gasteiger partial charge is 0.338 e. The molecular formula is C13H16BrClN2O. The molecule has 3 nitrogen and oxygen atoms in total. The number of carbonyl (C=O) groups excluding carboxylic acids is 1. The summed E-state index contributed by atoms with van der Waals surface area (Å²) in [5.41, 5.74) is 0.527. The fourth-order valence-electron chi connectivity index (χ4n) is 2.39. The van der Waals surface area contributed by atoms with E-state index in [-0.39, 0.29) is 11.9 Å². The first-order chi connectivity index (χ1) is 8.61. The van der Waals surface area contributed by atoms with Gasteiger partial charge in [0.05, 0.1) is 10.6 Å². The Morgan fingerprint density at radius 1 is 1.50 bits per heavy atom. The van der Waals surface area contributed by atoms with Gasteiger partial charge < -0.3 is 4.90 Å². The Bertz CT molecular complexity index is 441. The summed E-state index contributed by atoms with van der Waals surface area (Å²) in [6, 6.07) is 1.92. The first-order valence-electron chi connectivity index (χ1n) is 6.12. The monoisotopic (exact) mass is 330 g/mol. The van der Waals surface area contributed by atoms with Gasteiger partial charge in [0, 0.05) is 30.3 Å². The van der Waals surface area contributed by atoms with Gasteiger partial charge in [0.1, 0.15) is 0 Å². The maximum atomic E-state index is 12.4. The summed E-state index contributed by atoms with van der Waals surface area (Å²) < 4.78 is 0. The summed E-state index contributed by atoms with van der Waals surface area (Å²) in [5, 5.41) is 0.413. The van der Waals surface area contributed by atoms with E-state index in [1.165, 1.54) is 19.0 Å². The number of carbonyl (C=O) groups is 1. The van der Waals surface area contributed by atoms with Crippen LogP contribution in [0.4, 0.5) is 0 Å². The molecule has 98 valence electrons. The molecule has 1 aromatic rings. The van der Waals surface area contributed by atoms with Crippen LogP contribution in [0, 0.1) is 0 Å². The van der Waals surface area contributed by atoms with Gasteiger partial charge in [-0.25, -0.2) is 0 Å². The van der Waals surface area contributed by atoms with Crippen LogP contribution in [0.3, 0.4) is 0 Å². The first kappa shape index (κ1) is 13.8. The average Bonchev–Trinajstić information content (AvgIpc) is 2.38. The number of nitrogens with zero attached hydrogens (tertiary/aromatic N) is 2. The molecule has 0 radical (unpaired) electrons. The average molecular weight is 332 g/mol. The normalized spacial score (nSPS) is 23.7. The summed E-state index contributed by atoms with van der Waals surface area (Å²) in [6.07, 6.45) is 7.67. The third-order valence-corrected chi connectivity index (χ3v) is 4.84. The molecule has 0 bridgehead atoms. The second-order valence-corrected chi connectivity index (χ2v) is 6.22. The highest BCUT2D eigenvalue weighted by atomic mass is 79.9. The number of aromatic nitrogens is 1. The van der Waals surface area contributed by atoms with E-state index in [1.54, 1.807) is 17.2 Å². The Morgan fingerprint density at radius 2 is 2.22 bits per heavy atom. The lowest BCUT2D eigenvalue weighted by Crippen LogP contribution is -2.44. The maximum Gasteiger partial charge on any atom is 0.255 e. The summed E-state index contributed by atoms with van der Waals surface area (Å²) in [4.78, 5) is 18.5. The molecule has 1 aromatic heterocycles. The SMILES string of the molecule is CN(C(=O)c1ccncc1Cl)C1CCCCC1Br. The van der Waals surface area contributed by atoms with E-state index < -0.39 is 0 Å². The van der Waals surface area contributed by atoms with Gasteiger partial charge in [0.15, 0.2) is 0 Å². The topological polar surface area (TPSA) is 33.2 Å². The van der Waals surface area contributed by atoms with Crippen molar-refractivity contribution in [2.75, 3.05) is 7.05 Å². The second kappa shape index (κ2) is 6.02. The summed E-state index contributed by atoms with van der Waals surface area (Å²) in [7, 11) is 1.85. The molecule has 1 aliphatic rings. The van der Waals surface area contributed by atoms with Crippen molar-refractivity contribution in [3.8, 4) is 0 Å². The number of hydrogen-bond acceptors (Lipinski definition) is 2. The van der Waals surface area contributed by atoms with Crippen molar-refractivity contribution in [1.82, 2.24) is 9.88 Å². The minimum Gasteiger partial charge on any atom is -0.338 e. The quantitative estimate of drug-likeness (QED) is 0.777. The van der Waals surface area contributed by atoms with Crippen LogP contribution in [0.2, 0.25) is 5.02 Å². The maximum absolute atomic E-state index is 12.4. The number of amides is 1. The lowest BCUT2D eigenvalue weighted by atomic mass is 9.94. The molecule has 5 heteroatoms. The highest BCUT2D eigenvalue weighted by Crippen LogP contribution is 2.29. The molecule has 1 heterocycles. The molecule has 1 saturated carbocycles. The molecule has 2 unspecified atom stereocenters. The van der Waals surface area contributed by atoms with E-state index in [9.17, 15) is 4.79 Å². The summed E-state index contributed by atoms with van der Waals surface area (Å²) >= 11 is 9.69. The molecule has 1 amide bonds. The Hall–Kier alpha value is -0.610. The van der Waals surface area contributed by atoms with E-state index >= 15 is 0 Å².